The highest BCUT2D eigenvalue weighted by molar-refractivity contribution is 5.58. The predicted octanol–water partition coefficient (Wildman–Crippen LogP) is 3.49. The predicted molar refractivity (Wildman–Crippen MR) is 92.3 cm³/mol. The maximum Gasteiger partial charge on any atom is 0.142 e. The molecule has 3 heteroatoms. The van der Waals surface area contributed by atoms with Crippen molar-refractivity contribution in [1.82, 2.24) is 4.90 Å². The quantitative estimate of drug-likeness (QED) is 0.858. The molecule has 22 heavy (non-hydrogen) atoms. The maximum atomic E-state index is 5.46. The van der Waals surface area contributed by atoms with E-state index in [0.717, 1.165) is 31.9 Å². The van der Waals surface area contributed by atoms with Crippen molar-refractivity contribution in [2.24, 2.45) is 0 Å². The Kier molecular flexibility index (Phi) is 4.64. The average molecular weight is 294 g/mol. The van der Waals surface area contributed by atoms with Crippen LogP contribution in [0.2, 0.25) is 0 Å². The third-order valence-corrected chi connectivity index (χ3v) is 4.02. The molecule has 1 aliphatic rings. The summed E-state index contributed by atoms with van der Waals surface area (Å²) in [4.78, 5) is 4.77. The van der Waals surface area contributed by atoms with Crippen molar-refractivity contribution < 1.29 is 4.74 Å². The van der Waals surface area contributed by atoms with Crippen LogP contribution in [0.25, 0.3) is 6.08 Å². The van der Waals surface area contributed by atoms with Crippen molar-refractivity contribution in [3.63, 3.8) is 0 Å². The summed E-state index contributed by atoms with van der Waals surface area (Å²) in [7, 11) is 1.73. The number of piperazine rings is 1. The van der Waals surface area contributed by atoms with Gasteiger partial charge in [-0.1, -0.05) is 42.5 Å². The van der Waals surface area contributed by atoms with Gasteiger partial charge in [0.15, 0.2) is 0 Å². The van der Waals surface area contributed by atoms with Crippen molar-refractivity contribution in [1.29, 1.82) is 0 Å². The summed E-state index contributed by atoms with van der Waals surface area (Å²) in [5.41, 5.74) is 2.44. The zero-order valence-electron chi connectivity index (χ0n) is 13.0. The van der Waals surface area contributed by atoms with Gasteiger partial charge in [0.1, 0.15) is 5.75 Å². The van der Waals surface area contributed by atoms with Gasteiger partial charge in [0.2, 0.25) is 0 Å². The molecule has 0 N–H and O–H groups in total. The van der Waals surface area contributed by atoms with Gasteiger partial charge in [0.25, 0.3) is 0 Å². The van der Waals surface area contributed by atoms with E-state index in [4.69, 9.17) is 4.74 Å². The van der Waals surface area contributed by atoms with Crippen molar-refractivity contribution in [2.45, 2.75) is 0 Å². The third kappa shape index (κ3) is 3.42. The molecule has 0 bridgehead atoms. The number of para-hydroxylation sites is 2. The number of hydrogen-bond acceptors (Lipinski definition) is 3. The molecule has 0 unspecified atom stereocenters. The molecule has 1 aliphatic heterocycles. The average Bonchev–Trinajstić information content (AvgIpc) is 2.61. The van der Waals surface area contributed by atoms with Crippen LogP contribution >= 0.6 is 0 Å². The van der Waals surface area contributed by atoms with Gasteiger partial charge >= 0.3 is 0 Å². The van der Waals surface area contributed by atoms with Crippen LogP contribution in [0.3, 0.4) is 0 Å². The lowest BCUT2D eigenvalue weighted by Gasteiger charge is -2.36. The molecule has 114 valence electrons. The molecular weight excluding hydrogens is 272 g/mol. The summed E-state index contributed by atoms with van der Waals surface area (Å²) in [6.07, 6.45) is 4.38. The largest absolute Gasteiger partial charge is 0.495 e. The summed E-state index contributed by atoms with van der Waals surface area (Å²) >= 11 is 0. The lowest BCUT2D eigenvalue weighted by molar-refractivity contribution is 0.347. The van der Waals surface area contributed by atoms with Gasteiger partial charge in [0, 0.05) is 26.2 Å². The molecule has 1 heterocycles. The standard InChI is InChI=1S/C19H22N2O/c1-22-19-10-6-5-9-18(19)21-15-13-20(14-16-21)12-11-17-7-3-2-4-8-17/h2-12H,13-16H2,1H3/b12-11+. The summed E-state index contributed by atoms with van der Waals surface area (Å²) in [6, 6.07) is 18.7. The molecule has 1 saturated heterocycles. The minimum Gasteiger partial charge on any atom is -0.495 e. The van der Waals surface area contributed by atoms with E-state index in [1.54, 1.807) is 7.11 Å². The molecule has 0 amide bonds. The normalized spacial score (nSPS) is 15.3. The van der Waals surface area contributed by atoms with E-state index in [9.17, 15) is 0 Å². The number of ether oxygens (including phenoxy) is 1. The second kappa shape index (κ2) is 7.03. The molecule has 3 nitrogen and oxygen atoms in total. The summed E-state index contributed by atoms with van der Waals surface area (Å²) in [5.74, 6) is 0.954. The van der Waals surface area contributed by atoms with Crippen LogP contribution in [-0.4, -0.2) is 38.2 Å². The van der Waals surface area contributed by atoms with E-state index in [-0.39, 0.29) is 0 Å². The molecule has 0 saturated carbocycles. The number of rotatable bonds is 4. The molecule has 2 aromatic carbocycles. The highest BCUT2D eigenvalue weighted by atomic mass is 16.5. The Morgan fingerprint density at radius 2 is 1.55 bits per heavy atom. The van der Waals surface area contributed by atoms with E-state index < -0.39 is 0 Å². The van der Waals surface area contributed by atoms with Crippen LogP contribution in [-0.2, 0) is 0 Å². The van der Waals surface area contributed by atoms with Crippen molar-refractivity contribution in [2.75, 3.05) is 38.2 Å². The summed E-state index contributed by atoms with van der Waals surface area (Å²) < 4.78 is 5.46. The van der Waals surface area contributed by atoms with Crippen LogP contribution in [0.5, 0.6) is 5.75 Å². The number of benzene rings is 2. The van der Waals surface area contributed by atoms with Crippen molar-refractivity contribution >= 4 is 11.8 Å². The third-order valence-electron chi connectivity index (χ3n) is 4.02. The smallest absolute Gasteiger partial charge is 0.142 e. The molecule has 0 spiro atoms. The Morgan fingerprint density at radius 1 is 0.864 bits per heavy atom. The number of nitrogens with zero attached hydrogens (tertiary/aromatic N) is 2. The Bertz CT molecular complexity index is 616. The van der Waals surface area contributed by atoms with Gasteiger partial charge in [-0.25, -0.2) is 0 Å². The fourth-order valence-electron chi connectivity index (χ4n) is 2.76. The SMILES string of the molecule is COc1ccccc1N1CCN(/C=C/c2ccccc2)CC1. The van der Waals surface area contributed by atoms with E-state index in [1.807, 2.05) is 18.2 Å². The Morgan fingerprint density at radius 3 is 2.27 bits per heavy atom. The fraction of sp³-hybridized carbons (Fsp3) is 0.263. The van der Waals surface area contributed by atoms with Crippen LogP contribution in [0.1, 0.15) is 5.56 Å². The lowest BCUT2D eigenvalue weighted by Crippen LogP contribution is -2.44. The van der Waals surface area contributed by atoms with Crippen LogP contribution < -0.4 is 9.64 Å². The van der Waals surface area contributed by atoms with Gasteiger partial charge in [-0.3, -0.25) is 0 Å². The first-order chi connectivity index (χ1) is 10.9. The van der Waals surface area contributed by atoms with E-state index in [1.165, 1.54) is 11.3 Å². The van der Waals surface area contributed by atoms with Gasteiger partial charge in [-0.05, 0) is 30.0 Å². The molecule has 0 aromatic heterocycles. The topological polar surface area (TPSA) is 15.7 Å². The molecule has 0 atom stereocenters. The number of methoxy groups -OCH3 is 1. The minimum absolute atomic E-state index is 0.954. The molecular formula is C19H22N2O. The first-order valence-electron chi connectivity index (χ1n) is 7.72. The molecule has 0 radical (unpaired) electrons. The molecule has 0 aliphatic carbocycles. The Balaban J connectivity index is 1.60. The molecule has 3 rings (SSSR count). The second-order valence-corrected chi connectivity index (χ2v) is 5.42. The second-order valence-electron chi connectivity index (χ2n) is 5.42. The highest BCUT2D eigenvalue weighted by Gasteiger charge is 2.17. The Hall–Kier alpha value is -2.42. The molecule has 2 aromatic rings. The van der Waals surface area contributed by atoms with Gasteiger partial charge in [0.05, 0.1) is 12.8 Å². The minimum atomic E-state index is 0.954. The zero-order valence-corrected chi connectivity index (χ0v) is 13.0. The van der Waals surface area contributed by atoms with Crippen molar-refractivity contribution in [3.8, 4) is 5.75 Å². The first-order valence-corrected chi connectivity index (χ1v) is 7.72. The maximum absolute atomic E-state index is 5.46. The van der Waals surface area contributed by atoms with E-state index in [2.05, 4.69) is 58.5 Å². The van der Waals surface area contributed by atoms with E-state index >= 15 is 0 Å². The summed E-state index contributed by atoms with van der Waals surface area (Å²) in [6.45, 7) is 4.09. The van der Waals surface area contributed by atoms with Crippen LogP contribution in [0.4, 0.5) is 5.69 Å². The van der Waals surface area contributed by atoms with Gasteiger partial charge < -0.3 is 14.5 Å². The van der Waals surface area contributed by atoms with Crippen molar-refractivity contribution in [3.05, 3.63) is 66.4 Å². The van der Waals surface area contributed by atoms with Gasteiger partial charge in [-0.15, -0.1) is 0 Å². The Labute approximate surface area is 132 Å². The van der Waals surface area contributed by atoms with E-state index in [0.29, 0.717) is 0 Å². The summed E-state index contributed by atoms with van der Waals surface area (Å²) in [5, 5.41) is 0. The number of hydrogen-bond donors (Lipinski definition) is 0. The first kappa shape index (κ1) is 14.5. The molecule has 1 fully saturated rings. The highest BCUT2D eigenvalue weighted by Crippen LogP contribution is 2.28. The van der Waals surface area contributed by atoms with Crippen LogP contribution in [0, 0.1) is 0 Å². The van der Waals surface area contributed by atoms with Gasteiger partial charge in [-0.2, -0.15) is 0 Å². The lowest BCUT2D eigenvalue weighted by atomic mass is 10.2. The monoisotopic (exact) mass is 294 g/mol. The van der Waals surface area contributed by atoms with Crippen LogP contribution in [0.15, 0.2) is 60.8 Å². The fourth-order valence-corrected chi connectivity index (χ4v) is 2.76. The number of anilines is 1. The zero-order chi connectivity index (χ0) is 15.2.